The summed E-state index contributed by atoms with van der Waals surface area (Å²) in [6.45, 7) is 7.13. The van der Waals surface area contributed by atoms with Crippen molar-refractivity contribution in [3.05, 3.63) is 41.9 Å². The largest absolute Gasteiger partial charge is 0.360 e. The molecule has 0 atom stereocenters. The highest BCUT2D eigenvalue weighted by Crippen LogP contribution is 2.23. The predicted octanol–water partition coefficient (Wildman–Crippen LogP) is 2.99. The van der Waals surface area contributed by atoms with Crippen LogP contribution in [0.2, 0.25) is 0 Å². The molecule has 142 valence electrons. The molecule has 0 spiro atoms. The summed E-state index contributed by atoms with van der Waals surface area (Å²) in [5.74, 6) is 2.81. The molecule has 1 aromatic carbocycles. The first kappa shape index (κ1) is 17.7. The topological polar surface area (TPSA) is 76.2 Å². The molecule has 0 aliphatic carbocycles. The third-order valence-electron chi connectivity index (χ3n) is 5.26. The van der Waals surface area contributed by atoms with Crippen LogP contribution in [0, 0.1) is 19.8 Å². The summed E-state index contributed by atoms with van der Waals surface area (Å²) >= 11 is 0. The number of anilines is 1. The zero-order valence-electron chi connectivity index (χ0n) is 15.8. The molecule has 1 fully saturated rings. The Labute approximate surface area is 158 Å². The molecule has 2 aromatic heterocycles. The minimum Gasteiger partial charge on any atom is -0.360 e. The molecule has 0 bridgehead atoms. The van der Waals surface area contributed by atoms with E-state index in [2.05, 4.69) is 50.0 Å². The highest BCUT2D eigenvalue weighted by molar-refractivity contribution is 5.91. The average Bonchev–Trinajstić information content (AvgIpc) is 3.19. The first-order valence-electron chi connectivity index (χ1n) is 9.46. The summed E-state index contributed by atoms with van der Waals surface area (Å²) in [6.07, 6.45) is 2.17. The first-order valence-corrected chi connectivity index (χ1v) is 9.46. The summed E-state index contributed by atoms with van der Waals surface area (Å²) in [5, 5.41) is 6.59. The number of carbonyl (C=O) groups is 1. The molecular formula is C20H25N5O2. The number of imidazole rings is 1. The van der Waals surface area contributed by atoms with Crippen molar-refractivity contribution in [2.45, 2.75) is 33.2 Å². The molecule has 1 saturated heterocycles. The number of nitrogens with one attached hydrogen (secondary N) is 1. The number of fused-ring (bicyclic) bond motifs is 1. The van der Waals surface area contributed by atoms with Crippen molar-refractivity contribution in [1.82, 2.24) is 19.6 Å². The van der Waals surface area contributed by atoms with E-state index >= 15 is 0 Å². The van der Waals surface area contributed by atoms with E-state index in [1.165, 1.54) is 5.52 Å². The molecule has 0 radical (unpaired) electrons. The fraction of sp³-hybridized carbons (Fsp3) is 0.450. The second-order valence-electron chi connectivity index (χ2n) is 7.35. The number of para-hydroxylation sites is 2. The fourth-order valence-corrected chi connectivity index (χ4v) is 3.82. The van der Waals surface area contributed by atoms with E-state index in [0.717, 1.165) is 43.8 Å². The smallest absolute Gasteiger partial charge is 0.239 e. The molecule has 27 heavy (non-hydrogen) atoms. The maximum atomic E-state index is 12.2. The number of piperidine rings is 1. The van der Waals surface area contributed by atoms with Crippen LogP contribution < -0.4 is 5.32 Å². The van der Waals surface area contributed by atoms with Gasteiger partial charge in [0.2, 0.25) is 5.91 Å². The number of amides is 1. The Morgan fingerprint density at radius 2 is 2.04 bits per heavy atom. The lowest BCUT2D eigenvalue weighted by Crippen LogP contribution is -2.40. The molecule has 7 nitrogen and oxygen atoms in total. The van der Waals surface area contributed by atoms with Gasteiger partial charge in [0, 0.05) is 12.6 Å². The maximum Gasteiger partial charge on any atom is 0.239 e. The summed E-state index contributed by atoms with van der Waals surface area (Å²) in [7, 11) is 0. The van der Waals surface area contributed by atoms with Gasteiger partial charge in [0.1, 0.15) is 11.6 Å². The van der Waals surface area contributed by atoms with E-state index in [-0.39, 0.29) is 5.91 Å². The van der Waals surface area contributed by atoms with E-state index in [4.69, 9.17) is 4.52 Å². The lowest BCUT2D eigenvalue weighted by Gasteiger charge is -2.31. The summed E-state index contributed by atoms with van der Waals surface area (Å²) in [6, 6.07) is 10.0. The van der Waals surface area contributed by atoms with Gasteiger partial charge in [0.05, 0.1) is 17.6 Å². The maximum absolute atomic E-state index is 12.2. The quantitative estimate of drug-likeness (QED) is 0.750. The monoisotopic (exact) mass is 367 g/mol. The third-order valence-corrected chi connectivity index (χ3v) is 5.26. The Morgan fingerprint density at radius 1 is 1.26 bits per heavy atom. The number of hydrogen-bond donors (Lipinski definition) is 1. The Hall–Kier alpha value is -2.67. The molecule has 1 amide bonds. The standard InChI is InChI=1S/C20H25N5O2/c1-14-11-19(23-27-14)22-20(26)13-24-9-7-16(8-10-24)12-25-15(2)21-17-5-3-4-6-18(17)25/h3-6,11,16H,7-10,12-13H2,1-2H3,(H,22,23,26). The SMILES string of the molecule is Cc1cc(NC(=O)CN2CCC(Cn3c(C)nc4ccccc43)CC2)no1. The zero-order chi connectivity index (χ0) is 18.8. The van der Waals surface area contributed by atoms with Gasteiger partial charge in [-0.2, -0.15) is 0 Å². The zero-order valence-corrected chi connectivity index (χ0v) is 15.8. The number of likely N-dealkylation sites (tertiary alicyclic amines) is 1. The van der Waals surface area contributed by atoms with Crippen molar-refractivity contribution in [2.24, 2.45) is 5.92 Å². The molecule has 3 heterocycles. The van der Waals surface area contributed by atoms with Crippen LogP contribution in [0.1, 0.15) is 24.4 Å². The Morgan fingerprint density at radius 3 is 2.78 bits per heavy atom. The van der Waals surface area contributed by atoms with Gasteiger partial charge >= 0.3 is 0 Å². The fourth-order valence-electron chi connectivity index (χ4n) is 3.82. The number of carbonyl (C=O) groups excluding carboxylic acids is 1. The van der Waals surface area contributed by atoms with Crippen LogP contribution in [0.3, 0.4) is 0 Å². The van der Waals surface area contributed by atoms with Gasteiger partial charge < -0.3 is 14.4 Å². The number of aromatic nitrogens is 3. The molecule has 0 saturated carbocycles. The second kappa shape index (κ2) is 7.52. The number of nitrogens with zero attached hydrogens (tertiary/aromatic N) is 4. The van der Waals surface area contributed by atoms with Crippen LogP contribution in [0.25, 0.3) is 11.0 Å². The van der Waals surface area contributed by atoms with Gasteiger partial charge in [-0.3, -0.25) is 9.69 Å². The molecule has 7 heteroatoms. The van der Waals surface area contributed by atoms with Crippen molar-refractivity contribution in [2.75, 3.05) is 25.0 Å². The van der Waals surface area contributed by atoms with E-state index in [1.54, 1.807) is 13.0 Å². The lowest BCUT2D eigenvalue weighted by molar-refractivity contribution is -0.117. The lowest BCUT2D eigenvalue weighted by atomic mass is 9.96. The van der Waals surface area contributed by atoms with Gasteiger partial charge in [-0.05, 0) is 57.8 Å². The van der Waals surface area contributed by atoms with Crippen molar-refractivity contribution in [3.63, 3.8) is 0 Å². The van der Waals surface area contributed by atoms with Crippen molar-refractivity contribution < 1.29 is 9.32 Å². The van der Waals surface area contributed by atoms with Crippen molar-refractivity contribution >= 4 is 22.8 Å². The van der Waals surface area contributed by atoms with E-state index in [9.17, 15) is 4.79 Å². The highest BCUT2D eigenvalue weighted by atomic mass is 16.5. The minimum atomic E-state index is -0.0433. The van der Waals surface area contributed by atoms with Crippen LogP contribution in [0.5, 0.6) is 0 Å². The Bertz CT molecular complexity index is 937. The summed E-state index contributed by atoms with van der Waals surface area (Å²) < 4.78 is 7.30. The first-order chi connectivity index (χ1) is 13.1. The number of aryl methyl sites for hydroxylation is 2. The van der Waals surface area contributed by atoms with Crippen LogP contribution in [0.15, 0.2) is 34.9 Å². The predicted molar refractivity (Wildman–Crippen MR) is 104 cm³/mol. The van der Waals surface area contributed by atoms with Crippen molar-refractivity contribution in [1.29, 1.82) is 0 Å². The van der Waals surface area contributed by atoms with Gasteiger partial charge in [-0.15, -0.1) is 0 Å². The number of benzene rings is 1. The van der Waals surface area contributed by atoms with Crippen LogP contribution in [-0.4, -0.2) is 45.1 Å². The summed E-state index contributed by atoms with van der Waals surface area (Å²) in [4.78, 5) is 19.0. The number of rotatable bonds is 5. The van der Waals surface area contributed by atoms with Crippen molar-refractivity contribution in [3.8, 4) is 0 Å². The number of hydrogen-bond acceptors (Lipinski definition) is 5. The third kappa shape index (κ3) is 4.03. The normalized spacial score (nSPS) is 16.1. The molecule has 4 rings (SSSR count). The summed E-state index contributed by atoms with van der Waals surface area (Å²) in [5.41, 5.74) is 2.27. The van der Waals surface area contributed by atoms with Crippen LogP contribution in [0.4, 0.5) is 5.82 Å². The molecule has 0 unspecified atom stereocenters. The van der Waals surface area contributed by atoms with E-state index < -0.39 is 0 Å². The highest BCUT2D eigenvalue weighted by Gasteiger charge is 2.22. The average molecular weight is 367 g/mol. The molecule has 1 aliphatic heterocycles. The van der Waals surface area contributed by atoms with Crippen LogP contribution >= 0.6 is 0 Å². The van der Waals surface area contributed by atoms with Gasteiger partial charge in [0.15, 0.2) is 5.82 Å². The van der Waals surface area contributed by atoms with E-state index in [0.29, 0.717) is 24.0 Å². The van der Waals surface area contributed by atoms with Gasteiger partial charge in [-0.1, -0.05) is 17.3 Å². The molecule has 3 aromatic rings. The second-order valence-corrected chi connectivity index (χ2v) is 7.35. The molecule has 1 N–H and O–H groups in total. The van der Waals surface area contributed by atoms with Gasteiger partial charge in [0.25, 0.3) is 0 Å². The van der Waals surface area contributed by atoms with Gasteiger partial charge in [-0.25, -0.2) is 4.98 Å². The Balaban J connectivity index is 1.30. The molecular weight excluding hydrogens is 342 g/mol. The molecule has 1 aliphatic rings. The van der Waals surface area contributed by atoms with E-state index in [1.807, 2.05) is 6.07 Å². The Kier molecular flexibility index (Phi) is 4.94. The minimum absolute atomic E-state index is 0.0433. The van der Waals surface area contributed by atoms with Crippen LogP contribution in [-0.2, 0) is 11.3 Å².